The fraction of sp³-hybridized carbons (Fsp3) is 0.111. The minimum Gasteiger partial charge on any atom is -0.422 e. The van der Waals surface area contributed by atoms with Crippen molar-refractivity contribution in [2.45, 2.75) is 13.8 Å². The minimum atomic E-state index is -0.575. The fourth-order valence-corrected chi connectivity index (χ4v) is 2.18. The Morgan fingerprint density at radius 1 is 1.09 bits per heavy atom. The first kappa shape index (κ1) is 15.3. The molecule has 0 unspecified atom stereocenters. The molecule has 1 aromatic heterocycles. The number of carbonyl (C=O) groups is 1. The molecule has 0 fully saturated rings. The molecule has 0 radical (unpaired) electrons. The zero-order valence-corrected chi connectivity index (χ0v) is 13.4. The fourth-order valence-electron chi connectivity index (χ4n) is 2.07. The van der Waals surface area contributed by atoms with Crippen molar-refractivity contribution in [1.29, 1.82) is 0 Å². The molecule has 0 N–H and O–H groups in total. The molecule has 3 aromatic rings. The van der Waals surface area contributed by atoms with Gasteiger partial charge in [-0.2, -0.15) is 0 Å². The van der Waals surface area contributed by atoms with Crippen LogP contribution in [0.15, 0.2) is 53.1 Å². The Kier molecular flexibility index (Phi) is 4.17. The van der Waals surface area contributed by atoms with Crippen molar-refractivity contribution in [2.24, 2.45) is 0 Å². The highest BCUT2D eigenvalue weighted by atomic mass is 35.5. The first-order valence-corrected chi connectivity index (χ1v) is 7.43. The maximum Gasteiger partial charge on any atom is 0.365 e. The van der Waals surface area contributed by atoms with Gasteiger partial charge in [0, 0.05) is 16.7 Å². The summed E-state index contributed by atoms with van der Waals surface area (Å²) in [4.78, 5) is 12.1. The molecular weight excluding hydrogens is 314 g/mol. The summed E-state index contributed by atoms with van der Waals surface area (Å²) in [5.41, 5.74) is 2.95. The molecule has 0 saturated carbocycles. The Morgan fingerprint density at radius 2 is 1.83 bits per heavy atom. The topological polar surface area (TPSA) is 52.3 Å². The van der Waals surface area contributed by atoms with Crippen molar-refractivity contribution in [3.63, 3.8) is 0 Å². The number of nitrogens with zero attached hydrogens (tertiary/aromatic N) is 1. The van der Waals surface area contributed by atoms with E-state index >= 15 is 0 Å². The van der Waals surface area contributed by atoms with Crippen molar-refractivity contribution < 1.29 is 14.1 Å². The van der Waals surface area contributed by atoms with Gasteiger partial charge in [-0.1, -0.05) is 46.6 Å². The minimum absolute atomic E-state index is 0.119. The van der Waals surface area contributed by atoms with Gasteiger partial charge < -0.3 is 9.26 Å². The van der Waals surface area contributed by atoms with Crippen LogP contribution in [0.1, 0.15) is 21.6 Å². The third kappa shape index (κ3) is 3.43. The van der Waals surface area contributed by atoms with Gasteiger partial charge in [0.25, 0.3) is 0 Å². The van der Waals surface area contributed by atoms with Crippen LogP contribution in [0.5, 0.6) is 5.75 Å². The first-order chi connectivity index (χ1) is 11.0. The van der Waals surface area contributed by atoms with Crippen LogP contribution in [0.3, 0.4) is 0 Å². The van der Waals surface area contributed by atoms with Crippen molar-refractivity contribution in [2.75, 3.05) is 0 Å². The standard InChI is InChI=1S/C18H14ClNO3/c1-11-3-5-13(6-4-11)17-10-16(20-23-17)18(21)22-14-7-8-15(19)12(2)9-14/h3-10H,1-2H3. The van der Waals surface area contributed by atoms with Crippen LogP contribution in [0.25, 0.3) is 11.3 Å². The van der Waals surface area contributed by atoms with Gasteiger partial charge in [-0.15, -0.1) is 0 Å². The maximum atomic E-state index is 12.1. The molecule has 0 amide bonds. The van der Waals surface area contributed by atoms with E-state index in [4.69, 9.17) is 20.9 Å². The van der Waals surface area contributed by atoms with Gasteiger partial charge in [-0.25, -0.2) is 4.79 Å². The van der Waals surface area contributed by atoms with Crippen LogP contribution in [0.4, 0.5) is 0 Å². The average molecular weight is 328 g/mol. The summed E-state index contributed by atoms with van der Waals surface area (Å²) in [7, 11) is 0. The van der Waals surface area contributed by atoms with Crippen LogP contribution < -0.4 is 4.74 Å². The summed E-state index contributed by atoms with van der Waals surface area (Å²) in [6.45, 7) is 3.84. The number of esters is 1. The molecule has 0 atom stereocenters. The van der Waals surface area contributed by atoms with E-state index in [1.807, 2.05) is 38.1 Å². The number of halogens is 1. The lowest BCUT2D eigenvalue weighted by molar-refractivity contribution is 0.0724. The van der Waals surface area contributed by atoms with Crippen LogP contribution in [-0.4, -0.2) is 11.1 Å². The van der Waals surface area contributed by atoms with E-state index in [0.717, 1.165) is 16.7 Å². The number of ether oxygens (including phenoxy) is 1. The molecule has 0 aliphatic rings. The second-order valence-corrected chi connectivity index (χ2v) is 5.65. The highest BCUT2D eigenvalue weighted by molar-refractivity contribution is 6.31. The third-order valence-corrected chi connectivity index (χ3v) is 3.82. The summed E-state index contributed by atoms with van der Waals surface area (Å²) in [5.74, 6) is 0.356. The lowest BCUT2D eigenvalue weighted by Gasteiger charge is -2.03. The van der Waals surface area contributed by atoms with Gasteiger partial charge in [0.1, 0.15) is 5.75 Å². The van der Waals surface area contributed by atoms with E-state index in [1.54, 1.807) is 24.3 Å². The SMILES string of the molecule is Cc1ccc(-c2cc(C(=O)Oc3ccc(Cl)c(C)c3)no2)cc1. The smallest absolute Gasteiger partial charge is 0.365 e. The zero-order valence-electron chi connectivity index (χ0n) is 12.7. The highest BCUT2D eigenvalue weighted by Gasteiger charge is 2.16. The number of hydrogen-bond acceptors (Lipinski definition) is 4. The quantitative estimate of drug-likeness (QED) is 0.510. The van der Waals surface area contributed by atoms with Crippen LogP contribution >= 0.6 is 11.6 Å². The molecule has 4 nitrogen and oxygen atoms in total. The predicted molar refractivity (Wildman–Crippen MR) is 87.8 cm³/mol. The van der Waals surface area contributed by atoms with E-state index in [1.165, 1.54) is 0 Å². The van der Waals surface area contributed by atoms with Gasteiger partial charge in [0.05, 0.1) is 0 Å². The van der Waals surface area contributed by atoms with E-state index in [2.05, 4.69) is 5.16 Å². The number of aromatic nitrogens is 1. The molecule has 2 aromatic carbocycles. The molecule has 0 saturated heterocycles. The van der Waals surface area contributed by atoms with Crippen molar-refractivity contribution in [1.82, 2.24) is 5.16 Å². The summed E-state index contributed by atoms with van der Waals surface area (Å²) in [5, 5.41) is 4.39. The molecule has 0 spiro atoms. The van der Waals surface area contributed by atoms with Gasteiger partial charge in [0.15, 0.2) is 11.5 Å². The van der Waals surface area contributed by atoms with E-state index in [-0.39, 0.29) is 5.69 Å². The Morgan fingerprint density at radius 3 is 2.52 bits per heavy atom. The van der Waals surface area contributed by atoms with Crippen molar-refractivity contribution >= 4 is 17.6 Å². The lowest BCUT2D eigenvalue weighted by atomic mass is 10.1. The monoisotopic (exact) mass is 327 g/mol. The molecule has 0 aliphatic carbocycles. The second-order valence-electron chi connectivity index (χ2n) is 5.24. The Balaban J connectivity index is 1.78. The number of rotatable bonds is 3. The van der Waals surface area contributed by atoms with Gasteiger partial charge in [-0.3, -0.25) is 0 Å². The van der Waals surface area contributed by atoms with E-state index in [0.29, 0.717) is 16.5 Å². The Hall–Kier alpha value is -2.59. The molecular formula is C18H14ClNO3. The van der Waals surface area contributed by atoms with Crippen molar-refractivity contribution in [3.8, 4) is 17.1 Å². The molecule has 0 bridgehead atoms. The van der Waals surface area contributed by atoms with E-state index in [9.17, 15) is 4.79 Å². The number of aryl methyl sites for hydroxylation is 2. The summed E-state index contributed by atoms with van der Waals surface area (Å²) < 4.78 is 10.5. The summed E-state index contributed by atoms with van der Waals surface area (Å²) in [6.07, 6.45) is 0. The zero-order chi connectivity index (χ0) is 16.4. The Bertz CT molecular complexity index is 853. The molecule has 5 heteroatoms. The van der Waals surface area contributed by atoms with Crippen LogP contribution in [-0.2, 0) is 0 Å². The average Bonchev–Trinajstić information content (AvgIpc) is 3.02. The molecule has 116 valence electrons. The number of benzene rings is 2. The number of hydrogen-bond donors (Lipinski definition) is 0. The second kappa shape index (κ2) is 6.26. The van der Waals surface area contributed by atoms with Gasteiger partial charge >= 0.3 is 5.97 Å². The largest absolute Gasteiger partial charge is 0.422 e. The predicted octanol–water partition coefficient (Wildman–Crippen LogP) is 4.83. The van der Waals surface area contributed by atoms with E-state index < -0.39 is 5.97 Å². The summed E-state index contributed by atoms with van der Waals surface area (Å²) >= 11 is 5.95. The van der Waals surface area contributed by atoms with Crippen LogP contribution in [0.2, 0.25) is 5.02 Å². The molecule has 23 heavy (non-hydrogen) atoms. The van der Waals surface area contributed by atoms with Crippen LogP contribution in [0, 0.1) is 13.8 Å². The lowest BCUT2D eigenvalue weighted by Crippen LogP contribution is -2.08. The number of carbonyl (C=O) groups excluding carboxylic acids is 1. The van der Waals surface area contributed by atoms with Gasteiger partial charge in [-0.05, 0) is 37.6 Å². The Labute approximate surface area is 138 Å². The normalized spacial score (nSPS) is 10.6. The van der Waals surface area contributed by atoms with Crippen molar-refractivity contribution in [3.05, 3.63) is 70.4 Å². The first-order valence-electron chi connectivity index (χ1n) is 7.05. The third-order valence-electron chi connectivity index (χ3n) is 3.40. The molecule has 1 heterocycles. The highest BCUT2D eigenvalue weighted by Crippen LogP contribution is 2.24. The molecule has 3 rings (SSSR count). The summed E-state index contributed by atoms with van der Waals surface area (Å²) in [6, 6.07) is 14.3. The molecule has 0 aliphatic heterocycles. The maximum absolute atomic E-state index is 12.1. The van der Waals surface area contributed by atoms with Gasteiger partial charge in [0.2, 0.25) is 0 Å².